The minimum absolute atomic E-state index is 0.291. The smallest absolute Gasteiger partial charge is 0.169 e. The molecule has 1 aromatic heterocycles. The molecule has 6 heteroatoms. The Kier molecular flexibility index (Phi) is 6.29. The first-order valence-electron chi connectivity index (χ1n) is 6.60. The van der Waals surface area contributed by atoms with E-state index in [4.69, 9.17) is 4.74 Å². The molecule has 4 nitrogen and oxygen atoms in total. The zero-order valence-corrected chi connectivity index (χ0v) is 13.3. The third-order valence-electron chi connectivity index (χ3n) is 2.85. The van der Waals surface area contributed by atoms with Crippen LogP contribution in [0.15, 0.2) is 34.9 Å². The highest BCUT2D eigenvalue weighted by molar-refractivity contribution is 8.00. The lowest BCUT2D eigenvalue weighted by molar-refractivity contribution is 0.413. The van der Waals surface area contributed by atoms with Gasteiger partial charge in [-0.15, -0.1) is 0 Å². The number of nitrogens with zero attached hydrogens (tertiary/aromatic N) is 2. The van der Waals surface area contributed by atoms with Crippen molar-refractivity contribution in [2.45, 2.75) is 23.7 Å². The number of methoxy groups -OCH3 is 1. The summed E-state index contributed by atoms with van der Waals surface area (Å²) in [4.78, 5) is 4.21. The predicted molar refractivity (Wildman–Crippen MR) is 84.7 cm³/mol. The van der Waals surface area contributed by atoms with Gasteiger partial charge in [0.1, 0.15) is 12.1 Å². The number of thioether (sulfide) groups is 1. The van der Waals surface area contributed by atoms with Crippen molar-refractivity contribution in [2.75, 3.05) is 19.4 Å². The van der Waals surface area contributed by atoms with Crippen molar-refractivity contribution in [2.24, 2.45) is 0 Å². The van der Waals surface area contributed by atoms with Crippen molar-refractivity contribution in [3.05, 3.63) is 36.2 Å². The molecule has 0 saturated heterocycles. The Morgan fingerprint density at radius 3 is 3.05 bits per heavy atom. The van der Waals surface area contributed by atoms with Gasteiger partial charge >= 0.3 is 0 Å². The fourth-order valence-corrected chi connectivity index (χ4v) is 3.40. The third kappa shape index (κ3) is 4.47. The maximum absolute atomic E-state index is 5.30. The topological polar surface area (TPSA) is 47.0 Å². The fourth-order valence-electron chi connectivity index (χ4n) is 1.83. The maximum atomic E-state index is 5.30. The zero-order valence-electron chi connectivity index (χ0n) is 11.7. The molecule has 0 fully saturated rings. The van der Waals surface area contributed by atoms with Gasteiger partial charge in [-0.1, -0.05) is 30.8 Å². The molecule has 1 N–H and O–H groups in total. The molecule has 20 heavy (non-hydrogen) atoms. The van der Waals surface area contributed by atoms with Gasteiger partial charge in [0.2, 0.25) is 0 Å². The quantitative estimate of drug-likeness (QED) is 0.758. The van der Waals surface area contributed by atoms with Crippen LogP contribution in [-0.2, 0) is 0 Å². The van der Waals surface area contributed by atoms with Crippen molar-refractivity contribution < 1.29 is 4.74 Å². The number of benzene rings is 1. The SMILES string of the molecule is CCCNC(CSc1ncns1)c1cccc(OC)c1. The van der Waals surface area contributed by atoms with Crippen molar-refractivity contribution in [1.82, 2.24) is 14.7 Å². The molecule has 1 aromatic carbocycles. The van der Waals surface area contributed by atoms with Crippen molar-refractivity contribution in [3.8, 4) is 5.75 Å². The molecule has 0 amide bonds. The van der Waals surface area contributed by atoms with Gasteiger partial charge in [0.15, 0.2) is 4.34 Å². The van der Waals surface area contributed by atoms with Gasteiger partial charge < -0.3 is 10.1 Å². The highest BCUT2D eigenvalue weighted by Gasteiger charge is 2.13. The zero-order chi connectivity index (χ0) is 14.2. The van der Waals surface area contributed by atoms with Crippen LogP contribution in [0.4, 0.5) is 0 Å². The lowest BCUT2D eigenvalue weighted by Crippen LogP contribution is -2.24. The van der Waals surface area contributed by atoms with Crippen LogP contribution in [0.1, 0.15) is 24.9 Å². The van der Waals surface area contributed by atoms with Gasteiger partial charge in [-0.3, -0.25) is 0 Å². The molecule has 1 atom stereocenters. The van der Waals surface area contributed by atoms with Gasteiger partial charge in [-0.2, -0.15) is 4.37 Å². The van der Waals surface area contributed by atoms with Crippen LogP contribution >= 0.6 is 23.3 Å². The van der Waals surface area contributed by atoms with Crippen LogP contribution in [0.5, 0.6) is 5.75 Å². The van der Waals surface area contributed by atoms with E-state index in [2.05, 4.69) is 33.7 Å². The summed E-state index contributed by atoms with van der Waals surface area (Å²) in [6.07, 6.45) is 2.72. The third-order valence-corrected chi connectivity index (χ3v) is 4.74. The second kappa shape index (κ2) is 8.24. The van der Waals surface area contributed by atoms with Gasteiger partial charge in [0.25, 0.3) is 0 Å². The lowest BCUT2D eigenvalue weighted by Gasteiger charge is -2.18. The summed E-state index contributed by atoms with van der Waals surface area (Å²) in [6.45, 7) is 3.17. The summed E-state index contributed by atoms with van der Waals surface area (Å²) < 4.78 is 10.3. The Labute approximate surface area is 128 Å². The lowest BCUT2D eigenvalue weighted by atomic mass is 10.1. The van der Waals surface area contributed by atoms with Crippen LogP contribution in [-0.4, -0.2) is 28.8 Å². The molecule has 2 rings (SSSR count). The fraction of sp³-hybridized carbons (Fsp3) is 0.429. The van der Waals surface area contributed by atoms with Gasteiger partial charge in [0, 0.05) is 11.8 Å². The number of rotatable bonds is 8. The van der Waals surface area contributed by atoms with Crippen LogP contribution in [0.25, 0.3) is 0 Å². The Hall–Kier alpha value is -1.11. The van der Waals surface area contributed by atoms with Gasteiger partial charge in [-0.05, 0) is 42.2 Å². The van der Waals surface area contributed by atoms with Crippen LogP contribution in [0.3, 0.4) is 0 Å². The van der Waals surface area contributed by atoms with Crippen LogP contribution in [0.2, 0.25) is 0 Å². The van der Waals surface area contributed by atoms with E-state index in [1.165, 1.54) is 17.1 Å². The summed E-state index contributed by atoms with van der Waals surface area (Å²) in [6, 6.07) is 8.52. The first-order valence-corrected chi connectivity index (χ1v) is 8.36. The molecule has 0 aliphatic carbocycles. The van der Waals surface area contributed by atoms with Gasteiger partial charge in [0.05, 0.1) is 7.11 Å². The van der Waals surface area contributed by atoms with E-state index in [-0.39, 0.29) is 0 Å². The molecule has 108 valence electrons. The minimum atomic E-state index is 0.291. The number of hydrogen-bond donors (Lipinski definition) is 1. The van der Waals surface area contributed by atoms with Crippen LogP contribution in [0, 0.1) is 0 Å². The Bertz CT molecular complexity index is 505. The predicted octanol–water partition coefficient (Wildman–Crippen LogP) is 3.38. The average Bonchev–Trinajstić information content (AvgIpc) is 3.01. The second-order valence-corrected chi connectivity index (χ2v) is 6.35. The summed E-state index contributed by atoms with van der Waals surface area (Å²) in [5.41, 5.74) is 1.25. The Morgan fingerprint density at radius 1 is 1.45 bits per heavy atom. The molecular formula is C14H19N3OS2. The number of nitrogens with one attached hydrogen (secondary N) is 1. The summed E-state index contributed by atoms with van der Waals surface area (Å²) in [5, 5.41) is 3.58. The standard InChI is InChI=1S/C14H19N3OS2/c1-3-7-15-13(9-19-14-16-10-17-20-14)11-5-4-6-12(8-11)18-2/h4-6,8,10,13,15H,3,7,9H2,1-2H3. The van der Waals surface area contributed by atoms with E-state index in [1.807, 2.05) is 12.1 Å². The normalized spacial score (nSPS) is 12.3. The largest absolute Gasteiger partial charge is 0.497 e. The Balaban J connectivity index is 2.05. The number of hydrogen-bond acceptors (Lipinski definition) is 6. The van der Waals surface area contributed by atoms with E-state index in [0.29, 0.717) is 6.04 Å². The summed E-state index contributed by atoms with van der Waals surface area (Å²) >= 11 is 3.18. The molecule has 0 radical (unpaired) electrons. The monoisotopic (exact) mass is 309 g/mol. The molecule has 0 aliphatic heterocycles. The number of aromatic nitrogens is 2. The minimum Gasteiger partial charge on any atom is -0.497 e. The first-order chi connectivity index (χ1) is 9.83. The van der Waals surface area contributed by atoms with E-state index < -0.39 is 0 Å². The van der Waals surface area contributed by atoms with E-state index in [9.17, 15) is 0 Å². The van der Waals surface area contributed by atoms with E-state index in [0.717, 1.165) is 28.8 Å². The maximum Gasteiger partial charge on any atom is 0.169 e. The Morgan fingerprint density at radius 2 is 2.35 bits per heavy atom. The molecular weight excluding hydrogens is 290 g/mol. The molecule has 1 heterocycles. The van der Waals surface area contributed by atoms with Gasteiger partial charge in [-0.25, -0.2) is 4.98 Å². The molecule has 1 unspecified atom stereocenters. The highest BCUT2D eigenvalue weighted by atomic mass is 32.2. The van der Waals surface area contributed by atoms with Crippen molar-refractivity contribution in [1.29, 1.82) is 0 Å². The second-order valence-electron chi connectivity index (χ2n) is 4.30. The first kappa shape index (κ1) is 15.3. The van der Waals surface area contributed by atoms with E-state index >= 15 is 0 Å². The number of ether oxygens (including phenoxy) is 1. The van der Waals surface area contributed by atoms with E-state index in [1.54, 1.807) is 25.2 Å². The highest BCUT2D eigenvalue weighted by Crippen LogP contribution is 2.27. The summed E-state index contributed by atoms with van der Waals surface area (Å²) in [5.74, 6) is 1.83. The molecule has 0 aliphatic rings. The van der Waals surface area contributed by atoms with Crippen molar-refractivity contribution >= 4 is 23.3 Å². The molecule has 0 bridgehead atoms. The average molecular weight is 309 g/mol. The molecule has 2 aromatic rings. The molecule has 0 saturated carbocycles. The summed E-state index contributed by atoms with van der Waals surface area (Å²) in [7, 11) is 1.70. The van der Waals surface area contributed by atoms with Crippen LogP contribution < -0.4 is 10.1 Å². The molecule has 0 spiro atoms. The van der Waals surface area contributed by atoms with Crippen molar-refractivity contribution in [3.63, 3.8) is 0 Å².